The van der Waals surface area contributed by atoms with E-state index in [1.54, 1.807) is 18.2 Å². The highest BCUT2D eigenvalue weighted by atomic mass is 35.5. The van der Waals surface area contributed by atoms with Gasteiger partial charge in [-0.1, -0.05) is 17.7 Å². The molecule has 0 radical (unpaired) electrons. The highest BCUT2D eigenvalue weighted by molar-refractivity contribution is 6.31. The molecule has 1 aromatic carbocycles. The number of anilines is 2. The average Bonchev–Trinajstić information content (AvgIpc) is 3.44. The summed E-state index contributed by atoms with van der Waals surface area (Å²) in [5.41, 5.74) is 0.228. The van der Waals surface area contributed by atoms with Crippen LogP contribution < -0.4 is 10.6 Å². The first-order chi connectivity index (χ1) is 19.3. The highest BCUT2D eigenvalue weighted by Gasteiger charge is 2.57. The Hall–Kier alpha value is -3.71. The summed E-state index contributed by atoms with van der Waals surface area (Å²) >= 11 is 6.24. The minimum Gasteiger partial charge on any atom is -0.370 e. The van der Waals surface area contributed by atoms with Crippen molar-refractivity contribution in [1.29, 1.82) is 5.26 Å². The van der Waals surface area contributed by atoms with Crippen LogP contribution in [0.5, 0.6) is 0 Å². The van der Waals surface area contributed by atoms with Crippen molar-refractivity contribution in [2.45, 2.75) is 69.6 Å². The summed E-state index contributed by atoms with van der Waals surface area (Å²) in [6.07, 6.45) is 0.648. The van der Waals surface area contributed by atoms with Gasteiger partial charge in [-0.3, -0.25) is 14.4 Å². The minimum atomic E-state index is -1.77. The molecule has 5 rings (SSSR count). The molecule has 1 fully saturated rings. The molecular weight excluding hydrogens is 547 g/mol. The highest BCUT2D eigenvalue weighted by Crippen LogP contribution is 2.47. The summed E-state index contributed by atoms with van der Waals surface area (Å²) in [7, 11) is 1.51. The number of nitrogens with zero attached hydrogens (tertiary/aromatic N) is 4. The molecule has 0 bridgehead atoms. The minimum absolute atomic E-state index is 0.0264. The molecule has 3 aliphatic heterocycles. The van der Waals surface area contributed by atoms with E-state index < -0.39 is 29.1 Å². The number of aromatic nitrogens is 1. The number of fused-ring (bicyclic) bond motifs is 3. The molecule has 41 heavy (non-hydrogen) atoms. The van der Waals surface area contributed by atoms with E-state index in [1.807, 2.05) is 19.1 Å². The number of benzene rings is 1. The zero-order valence-corrected chi connectivity index (χ0v) is 24.4. The molecule has 3 aliphatic rings. The van der Waals surface area contributed by atoms with Crippen LogP contribution in [0.2, 0.25) is 5.02 Å². The number of halogens is 2. The molecule has 3 amide bonds. The van der Waals surface area contributed by atoms with Crippen molar-refractivity contribution < 1.29 is 18.8 Å². The number of nitriles is 1. The number of aryl methyl sites for hydroxylation is 1. The smallest absolute Gasteiger partial charge is 0.246 e. The molecule has 2 N–H and O–H groups in total. The lowest BCUT2D eigenvalue weighted by atomic mass is 9.80. The number of likely N-dealkylation sites (N-methyl/N-ethyl adjacent to an activating group) is 1. The number of carbonyl (C=O) groups excluding carboxylic acids is 3. The van der Waals surface area contributed by atoms with Gasteiger partial charge >= 0.3 is 0 Å². The van der Waals surface area contributed by atoms with Gasteiger partial charge in [-0.15, -0.1) is 0 Å². The van der Waals surface area contributed by atoms with Crippen LogP contribution in [0.3, 0.4) is 0 Å². The summed E-state index contributed by atoms with van der Waals surface area (Å²) in [5.74, 6) is -0.363. The number of likely N-dealkylation sites (tertiary alicyclic amines) is 1. The van der Waals surface area contributed by atoms with E-state index in [2.05, 4.69) is 21.7 Å². The van der Waals surface area contributed by atoms with Gasteiger partial charge in [0.15, 0.2) is 0 Å². The Bertz CT molecular complexity index is 1450. The van der Waals surface area contributed by atoms with E-state index >= 15 is 4.39 Å². The Morgan fingerprint density at radius 3 is 2.80 bits per heavy atom. The second-order valence-electron chi connectivity index (χ2n) is 12.1. The number of hydrogen-bond donors (Lipinski definition) is 2. The van der Waals surface area contributed by atoms with Crippen molar-refractivity contribution >= 4 is 40.8 Å². The molecule has 1 aromatic heterocycles. The third kappa shape index (κ3) is 5.47. The zero-order valence-electron chi connectivity index (χ0n) is 23.6. The van der Waals surface area contributed by atoms with Crippen LogP contribution in [-0.4, -0.2) is 70.4 Å². The third-order valence-electron chi connectivity index (χ3n) is 8.44. The Morgan fingerprint density at radius 2 is 2.10 bits per heavy atom. The van der Waals surface area contributed by atoms with Crippen molar-refractivity contribution in [2.75, 3.05) is 30.8 Å². The Morgan fingerprint density at radius 1 is 1.34 bits per heavy atom. The fourth-order valence-corrected chi connectivity index (χ4v) is 6.45. The molecule has 216 valence electrons. The van der Waals surface area contributed by atoms with Crippen LogP contribution in [-0.2, 0) is 26.2 Å². The van der Waals surface area contributed by atoms with Gasteiger partial charge < -0.3 is 20.4 Å². The van der Waals surface area contributed by atoms with Gasteiger partial charge in [-0.25, -0.2) is 9.37 Å². The number of amides is 3. The largest absolute Gasteiger partial charge is 0.370 e. The van der Waals surface area contributed by atoms with E-state index in [0.717, 1.165) is 17.1 Å². The van der Waals surface area contributed by atoms with E-state index in [9.17, 15) is 19.6 Å². The second kappa shape index (κ2) is 10.6. The molecule has 4 heterocycles. The van der Waals surface area contributed by atoms with Gasteiger partial charge in [0, 0.05) is 55.8 Å². The van der Waals surface area contributed by atoms with E-state index in [4.69, 9.17) is 11.6 Å². The molecule has 4 atom stereocenters. The monoisotopic (exact) mass is 580 g/mol. The second-order valence-corrected chi connectivity index (χ2v) is 12.5. The summed E-state index contributed by atoms with van der Waals surface area (Å²) in [6.45, 7) is 5.13. The average molecular weight is 581 g/mol. The first kappa shape index (κ1) is 28.8. The number of hydrogen-bond acceptors (Lipinski definition) is 6. The van der Waals surface area contributed by atoms with E-state index in [0.29, 0.717) is 29.2 Å². The lowest BCUT2D eigenvalue weighted by Gasteiger charge is -2.35. The molecule has 1 unspecified atom stereocenters. The molecule has 1 saturated heterocycles. The number of carbonyl (C=O) groups is 3. The Balaban J connectivity index is 1.37. The fourth-order valence-electron chi connectivity index (χ4n) is 6.28. The molecular formula is C30H34ClFN6O3. The number of pyridine rings is 1. The standard InChI is InChI=1S/C30H34ClFN6O3/c1-17-5-6-19-9-18(15-34-26(19)35-17)10-25(39)37(4)24(13-29(2,3)32)27(40)38-16-30(12-21(38)14-33)22-11-20(31)7-8-23(22)36-28(30)41/h5-8,11,18,21,24H,9-10,12-13,15-16H2,1-4H3,(H,34,35)(H,36,41)/t18?,21-,24-,30-/m0/s1. The maximum Gasteiger partial charge on any atom is 0.246 e. The fraction of sp³-hybridized carbons (Fsp3) is 0.500. The predicted octanol–water partition coefficient (Wildman–Crippen LogP) is 4.00. The van der Waals surface area contributed by atoms with Crippen LogP contribution >= 0.6 is 11.6 Å². The van der Waals surface area contributed by atoms with Crippen molar-refractivity contribution in [2.24, 2.45) is 5.92 Å². The van der Waals surface area contributed by atoms with Crippen molar-refractivity contribution in [3.63, 3.8) is 0 Å². The van der Waals surface area contributed by atoms with Crippen molar-refractivity contribution in [3.05, 3.63) is 52.2 Å². The van der Waals surface area contributed by atoms with Gasteiger partial charge in [-0.05, 0) is 68.5 Å². The summed E-state index contributed by atoms with van der Waals surface area (Å²) < 4.78 is 15.1. The predicted molar refractivity (Wildman–Crippen MR) is 153 cm³/mol. The summed E-state index contributed by atoms with van der Waals surface area (Å²) in [4.78, 5) is 48.0. The first-order valence-corrected chi connectivity index (χ1v) is 14.2. The Kier molecular flexibility index (Phi) is 7.45. The molecule has 0 aliphatic carbocycles. The number of alkyl halides is 1. The molecule has 2 aromatic rings. The van der Waals surface area contributed by atoms with Crippen LogP contribution in [0, 0.1) is 24.2 Å². The SMILES string of the molecule is Cc1ccc2c(n1)NCC(CC(=O)N(C)[C@@H](CC(C)(C)F)C(=O)N1C[C@]3(C[C@H]1C#N)C(=O)Nc1ccc(Cl)cc13)C2. The molecule has 11 heteroatoms. The summed E-state index contributed by atoms with van der Waals surface area (Å²) in [5, 5.41) is 16.6. The maximum atomic E-state index is 15.1. The Labute approximate surface area is 244 Å². The number of rotatable bonds is 6. The molecule has 1 spiro atoms. The first-order valence-electron chi connectivity index (χ1n) is 13.8. The van der Waals surface area contributed by atoms with Crippen molar-refractivity contribution in [1.82, 2.24) is 14.8 Å². The lowest BCUT2D eigenvalue weighted by molar-refractivity contribution is -0.146. The third-order valence-corrected chi connectivity index (χ3v) is 8.68. The van der Waals surface area contributed by atoms with Crippen LogP contribution in [0.4, 0.5) is 15.9 Å². The number of nitrogens with one attached hydrogen (secondary N) is 2. The molecule has 0 saturated carbocycles. The maximum absolute atomic E-state index is 15.1. The van der Waals surface area contributed by atoms with Gasteiger partial charge in [0.05, 0.1) is 11.5 Å². The molecule has 9 nitrogen and oxygen atoms in total. The quantitative estimate of drug-likeness (QED) is 0.533. The lowest BCUT2D eigenvalue weighted by Crippen LogP contribution is -2.53. The van der Waals surface area contributed by atoms with Gasteiger partial charge in [0.1, 0.15) is 23.6 Å². The zero-order chi connectivity index (χ0) is 29.7. The van der Waals surface area contributed by atoms with Crippen LogP contribution in [0.1, 0.15) is 49.9 Å². The van der Waals surface area contributed by atoms with E-state index in [-0.39, 0.29) is 43.5 Å². The van der Waals surface area contributed by atoms with Gasteiger partial charge in [0.2, 0.25) is 17.7 Å². The van der Waals surface area contributed by atoms with Crippen LogP contribution in [0.25, 0.3) is 0 Å². The van der Waals surface area contributed by atoms with E-state index in [1.165, 1.54) is 30.7 Å². The van der Waals surface area contributed by atoms with Gasteiger partial charge in [0.25, 0.3) is 0 Å². The normalized spacial score (nSPS) is 23.7. The van der Waals surface area contributed by atoms with Crippen molar-refractivity contribution in [3.8, 4) is 6.07 Å². The van der Waals surface area contributed by atoms with Gasteiger partial charge in [-0.2, -0.15) is 5.26 Å². The topological polar surface area (TPSA) is 118 Å². The summed E-state index contributed by atoms with van der Waals surface area (Å²) in [6, 6.07) is 9.06. The van der Waals surface area contributed by atoms with Crippen LogP contribution in [0.15, 0.2) is 30.3 Å².